The number of hydrogen-bond donors (Lipinski definition) is 0. The lowest BCUT2D eigenvalue weighted by Crippen LogP contribution is -1.96. The van der Waals surface area contributed by atoms with Crippen LogP contribution in [0.25, 0.3) is 11.4 Å². The van der Waals surface area contributed by atoms with E-state index in [1.165, 1.54) is 0 Å². The van der Waals surface area contributed by atoms with Gasteiger partial charge in [-0.05, 0) is 28.1 Å². The Hall–Kier alpha value is -1.01. The molecule has 7 heteroatoms. The average molecular weight is 275 g/mol. The second kappa shape index (κ2) is 3.62. The minimum Gasteiger partial charge on any atom is -0.245 e. The predicted molar refractivity (Wildman–Crippen MR) is 54.7 cm³/mol. The highest BCUT2D eigenvalue weighted by Crippen LogP contribution is 2.23. The summed E-state index contributed by atoms with van der Waals surface area (Å²) in [5, 5.41) is 15.7. The van der Waals surface area contributed by atoms with E-state index in [9.17, 15) is 0 Å². The molecule has 0 saturated heterocycles. The van der Waals surface area contributed by atoms with E-state index >= 15 is 0 Å². The maximum absolute atomic E-state index is 5.63. The van der Waals surface area contributed by atoms with Crippen molar-refractivity contribution in [2.24, 2.45) is 7.05 Å². The highest BCUT2D eigenvalue weighted by molar-refractivity contribution is 9.10. The lowest BCUT2D eigenvalue weighted by molar-refractivity contribution is 0.717. The van der Waals surface area contributed by atoms with Crippen LogP contribution in [0.4, 0.5) is 0 Å². The van der Waals surface area contributed by atoms with Gasteiger partial charge in [0.15, 0.2) is 9.76 Å². The fourth-order valence-electron chi connectivity index (χ4n) is 1.05. The third-order valence-electron chi connectivity index (χ3n) is 1.66. The molecule has 14 heavy (non-hydrogen) atoms. The fraction of sp³-hybridized carbons (Fsp3) is 0.143. The van der Waals surface area contributed by atoms with Gasteiger partial charge in [-0.15, -0.1) is 15.3 Å². The van der Waals surface area contributed by atoms with Gasteiger partial charge in [-0.1, -0.05) is 16.8 Å². The topological polar surface area (TPSA) is 56.5 Å². The van der Waals surface area contributed by atoms with Gasteiger partial charge in [-0.25, -0.2) is 4.68 Å². The van der Waals surface area contributed by atoms with Crippen molar-refractivity contribution in [3.05, 3.63) is 21.9 Å². The lowest BCUT2D eigenvalue weighted by atomic mass is 10.3. The lowest BCUT2D eigenvalue weighted by Gasteiger charge is -1.98. The number of aromatic nitrogens is 5. The Morgan fingerprint density at radius 1 is 1.29 bits per heavy atom. The molecule has 0 amide bonds. The standard InChI is InChI=1S/C7H5BrClN5/c1-14-6(7(8)12-13-14)4-2-3-5(9)11-10-4/h2-3H,1H3. The zero-order valence-corrected chi connectivity index (χ0v) is 9.49. The van der Waals surface area contributed by atoms with Crippen LogP contribution in [0.2, 0.25) is 5.15 Å². The van der Waals surface area contributed by atoms with Crippen LogP contribution in [-0.4, -0.2) is 25.2 Å². The minimum atomic E-state index is 0.361. The summed E-state index contributed by atoms with van der Waals surface area (Å²) in [6.07, 6.45) is 0. The molecule has 2 heterocycles. The molecule has 0 bridgehead atoms. The van der Waals surface area contributed by atoms with Crippen LogP contribution in [0.5, 0.6) is 0 Å². The van der Waals surface area contributed by atoms with Gasteiger partial charge in [0.05, 0.1) is 0 Å². The zero-order valence-electron chi connectivity index (χ0n) is 7.15. The Balaban J connectivity index is 2.54. The van der Waals surface area contributed by atoms with Crippen LogP contribution >= 0.6 is 27.5 Å². The molecule has 0 aliphatic carbocycles. The summed E-state index contributed by atoms with van der Waals surface area (Å²) in [6.45, 7) is 0. The van der Waals surface area contributed by atoms with E-state index in [2.05, 4.69) is 36.4 Å². The smallest absolute Gasteiger partial charge is 0.158 e. The van der Waals surface area contributed by atoms with Crippen molar-refractivity contribution in [2.45, 2.75) is 0 Å². The van der Waals surface area contributed by atoms with Gasteiger partial charge in [0.25, 0.3) is 0 Å². The number of halogens is 2. The number of rotatable bonds is 1. The first-order valence-corrected chi connectivity index (χ1v) is 4.90. The van der Waals surface area contributed by atoms with E-state index in [1.54, 1.807) is 23.9 Å². The summed E-state index contributed by atoms with van der Waals surface area (Å²) in [7, 11) is 1.78. The molecule has 0 atom stereocenters. The quantitative estimate of drug-likeness (QED) is 0.794. The van der Waals surface area contributed by atoms with Gasteiger partial charge in [-0.3, -0.25) is 0 Å². The first-order valence-electron chi connectivity index (χ1n) is 3.73. The van der Waals surface area contributed by atoms with E-state index in [0.29, 0.717) is 15.5 Å². The van der Waals surface area contributed by atoms with Crippen molar-refractivity contribution >= 4 is 27.5 Å². The van der Waals surface area contributed by atoms with Crippen molar-refractivity contribution in [3.8, 4) is 11.4 Å². The van der Waals surface area contributed by atoms with Gasteiger partial charge >= 0.3 is 0 Å². The molecule has 0 aliphatic heterocycles. The van der Waals surface area contributed by atoms with Crippen molar-refractivity contribution in [2.75, 3.05) is 0 Å². The summed E-state index contributed by atoms with van der Waals surface area (Å²) in [5.41, 5.74) is 1.45. The molecule has 2 aromatic heterocycles. The van der Waals surface area contributed by atoms with E-state index < -0.39 is 0 Å². The highest BCUT2D eigenvalue weighted by atomic mass is 79.9. The maximum atomic E-state index is 5.63. The van der Waals surface area contributed by atoms with Gasteiger partial charge < -0.3 is 0 Å². The summed E-state index contributed by atoms with van der Waals surface area (Å²) < 4.78 is 2.25. The van der Waals surface area contributed by atoms with Gasteiger partial charge in [-0.2, -0.15) is 0 Å². The Morgan fingerprint density at radius 3 is 2.57 bits per heavy atom. The molecule has 0 fully saturated rings. The molecular weight excluding hydrogens is 269 g/mol. The Labute approximate surface area is 93.2 Å². The second-order valence-corrected chi connectivity index (χ2v) is 3.73. The largest absolute Gasteiger partial charge is 0.245 e. The minimum absolute atomic E-state index is 0.361. The summed E-state index contributed by atoms with van der Waals surface area (Å²) >= 11 is 8.91. The third-order valence-corrected chi connectivity index (χ3v) is 2.40. The highest BCUT2D eigenvalue weighted by Gasteiger charge is 2.11. The normalized spacial score (nSPS) is 10.5. The number of nitrogens with zero attached hydrogens (tertiary/aromatic N) is 5. The number of hydrogen-bond acceptors (Lipinski definition) is 4. The van der Waals surface area contributed by atoms with Crippen LogP contribution in [0.1, 0.15) is 0 Å². The molecule has 0 saturated carbocycles. The van der Waals surface area contributed by atoms with E-state index in [-0.39, 0.29) is 0 Å². The van der Waals surface area contributed by atoms with Crippen LogP contribution in [0.15, 0.2) is 16.7 Å². The van der Waals surface area contributed by atoms with Crippen LogP contribution in [-0.2, 0) is 7.05 Å². The van der Waals surface area contributed by atoms with Crippen molar-refractivity contribution in [3.63, 3.8) is 0 Å². The van der Waals surface area contributed by atoms with Gasteiger partial charge in [0, 0.05) is 7.05 Å². The zero-order chi connectivity index (χ0) is 10.1. The van der Waals surface area contributed by atoms with Gasteiger partial charge in [0.1, 0.15) is 11.4 Å². The predicted octanol–water partition coefficient (Wildman–Crippen LogP) is 1.69. The van der Waals surface area contributed by atoms with Crippen molar-refractivity contribution in [1.82, 2.24) is 25.2 Å². The molecule has 0 aromatic carbocycles. The Bertz CT molecular complexity index is 432. The second-order valence-electron chi connectivity index (χ2n) is 2.59. The fourth-order valence-corrected chi connectivity index (χ4v) is 1.68. The van der Waals surface area contributed by atoms with Crippen LogP contribution < -0.4 is 0 Å². The molecule has 5 nitrogen and oxygen atoms in total. The maximum Gasteiger partial charge on any atom is 0.158 e. The summed E-state index contributed by atoms with van der Waals surface area (Å²) in [6, 6.07) is 3.43. The molecular formula is C7H5BrClN5. The van der Waals surface area contributed by atoms with E-state index in [1.807, 2.05) is 0 Å². The molecule has 72 valence electrons. The molecule has 0 spiro atoms. The third kappa shape index (κ3) is 1.62. The Morgan fingerprint density at radius 2 is 2.07 bits per heavy atom. The number of aryl methyl sites for hydroxylation is 1. The molecule has 0 N–H and O–H groups in total. The van der Waals surface area contributed by atoms with Crippen molar-refractivity contribution in [1.29, 1.82) is 0 Å². The first kappa shape index (κ1) is 9.54. The van der Waals surface area contributed by atoms with E-state index in [0.717, 1.165) is 5.69 Å². The molecule has 0 aliphatic rings. The molecule has 2 aromatic rings. The van der Waals surface area contributed by atoms with E-state index in [4.69, 9.17) is 11.6 Å². The first-order chi connectivity index (χ1) is 6.68. The molecule has 2 rings (SSSR count). The SMILES string of the molecule is Cn1nnc(Br)c1-c1ccc(Cl)nn1. The van der Waals surface area contributed by atoms with Crippen molar-refractivity contribution < 1.29 is 0 Å². The van der Waals surface area contributed by atoms with Crippen LogP contribution in [0, 0.1) is 0 Å². The van der Waals surface area contributed by atoms with Gasteiger partial charge in [0.2, 0.25) is 0 Å². The molecule has 0 radical (unpaired) electrons. The monoisotopic (exact) mass is 273 g/mol. The Kier molecular flexibility index (Phi) is 2.47. The van der Waals surface area contributed by atoms with Crippen LogP contribution in [0.3, 0.4) is 0 Å². The average Bonchev–Trinajstić information content (AvgIpc) is 2.49. The summed E-state index contributed by atoms with van der Waals surface area (Å²) in [4.78, 5) is 0. The summed E-state index contributed by atoms with van der Waals surface area (Å²) in [5.74, 6) is 0. The molecule has 0 unspecified atom stereocenters.